The summed E-state index contributed by atoms with van der Waals surface area (Å²) in [6, 6.07) is 7.19. The van der Waals surface area contributed by atoms with Crippen molar-refractivity contribution in [1.29, 1.82) is 0 Å². The van der Waals surface area contributed by atoms with Crippen LogP contribution >= 0.6 is 0 Å². The SMILES string of the molecule is COc1ccc(C(=O)N2CCN(C(=O)CN3CCCCCCC3)CC2)cc1. The van der Waals surface area contributed by atoms with E-state index in [1.807, 2.05) is 9.80 Å². The van der Waals surface area contributed by atoms with Gasteiger partial charge in [-0.15, -0.1) is 0 Å². The standard InChI is InChI=1S/C21H31N3O3/c1-27-19-9-7-18(8-10-19)21(26)24-15-13-23(14-16-24)20(25)17-22-11-5-3-2-4-6-12-22/h7-10H,2-6,11-17H2,1H3. The third kappa shape index (κ3) is 5.45. The van der Waals surface area contributed by atoms with Gasteiger partial charge in [0, 0.05) is 31.7 Å². The number of ether oxygens (including phenoxy) is 1. The molecule has 6 nitrogen and oxygen atoms in total. The van der Waals surface area contributed by atoms with Crippen molar-refractivity contribution in [1.82, 2.24) is 14.7 Å². The number of carbonyl (C=O) groups is 2. The van der Waals surface area contributed by atoms with Crippen molar-refractivity contribution in [2.75, 3.05) is 52.9 Å². The lowest BCUT2D eigenvalue weighted by Crippen LogP contribution is -2.52. The highest BCUT2D eigenvalue weighted by molar-refractivity contribution is 5.94. The molecular weight excluding hydrogens is 342 g/mol. The van der Waals surface area contributed by atoms with E-state index in [1.165, 1.54) is 32.1 Å². The zero-order chi connectivity index (χ0) is 19.1. The van der Waals surface area contributed by atoms with Crippen LogP contribution in [0.2, 0.25) is 0 Å². The summed E-state index contributed by atoms with van der Waals surface area (Å²) in [5.74, 6) is 0.965. The Kier molecular flexibility index (Phi) is 7.10. The van der Waals surface area contributed by atoms with E-state index in [9.17, 15) is 9.59 Å². The molecule has 2 aliphatic rings. The van der Waals surface area contributed by atoms with E-state index in [1.54, 1.807) is 31.4 Å². The Balaban J connectivity index is 1.47. The largest absolute Gasteiger partial charge is 0.497 e. The van der Waals surface area contributed by atoms with Crippen LogP contribution in [0.5, 0.6) is 5.75 Å². The van der Waals surface area contributed by atoms with Gasteiger partial charge < -0.3 is 14.5 Å². The van der Waals surface area contributed by atoms with Crippen LogP contribution in [0.25, 0.3) is 0 Å². The first kappa shape index (κ1) is 19.7. The summed E-state index contributed by atoms with van der Waals surface area (Å²) in [5.41, 5.74) is 0.663. The number of methoxy groups -OCH3 is 1. The third-order valence-electron chi connectivity index (χ3n) is 5.56. The number of hydrogen-bond acceptors (Lipinski definition) is 4. The lowest BCUT2D eigenvalue weighted by atomic mass is 10.1. The second-order valence-electron chi connectivity index (χ2n) is 7.45. The molecule has 0 aromatic heterocycles. The van der Waals surface area contributed by atoms with Crippen molar-refractivity contribution in [3.05, 3.63) is 29.8 Å². The van der Waals surface area contributed by atoms with Gasteiger partial charge in [0.05, 0.1) is 13.7 Å². The molecule has 148 valence electrons. The molecule has 2 saturated heterocycles. The molecule has 2 fully saturated rings. The summed E-state index contributed by atoms with van der Waals surface area (Å²) in [6.07, 6.45) is 6.26. The molecule has 2 aliphatic heterocycles. The smallest absolute Gasteiger partial charge is 0.253 e. The first-order chi connectivity index (χ1) is 13.2. The Morgan fingerprint density at radius 3 is 1.96 bits per heavy atom. The number of piperazine rings is 1. The molecule has 1 aromatic carbocycles. The van der Waals surface area contributed by atoms with Crippen LogP contribution in [0.1, 0.15) is 42.5 Å². The quantitative estimate of drug-likeness (QED) is 0.812. The number of carbonyl (C=O) groups excluding carboxylic acids is 2. The average molecular weight is 373 g/mol. The summed E-state index contributed by atoms with van der Waals surface area (Å²) in [4.78, 5) is 31.3. The highest BCUT2D eigenvalue weighted by Gasteiger charge is 2.25. The van der Waals surface area contributed by atoms with Crippen molar-refractivity contribution in [3.63, 3.8) is 0 Å². The van der Waals surface area contributed by atoms with Crippen molar-refractivity contribution in [2.45, 2.75) is 32.1 Å². The second kappa shape index (κ2) is 9.74. The van der Waals surface area contributed by atoms with Gasteiger partial charge in [0.25, 0.3) is 5.91 Å². The molecule has 0 bridgehead atoms. The molecule has 0 unspecified atom stereocenters. The van der Waals surface area contributed by atoms with Crippen LogP contribution in [0.3, 0.4) is 0 Å². The lowest BCUT2D eigenvalue weighted by molar-refractivity contribution is -0.134. The van der Waals surface area contributed by atoms with E-state index in [-0.39, 0.29) is 11.8 Å². The lowest BCUT2D eigenvalue weighted by Gasteiger charge is -2.36. The molecule has 2 amide bonds. The van der Waals surface area contributed by atoms with E-state index in [0.717, 1.165) is 18.8 Å². The van der Waals surface area contributed by atoms with Crippen molar-refractivity contribution in [2.24, 2.45) is 0 Å². The Labute approximate surface area is 162 Å². The summed E-state index contributed by atoms with van der Waals surface area (Å²) < 4.78 is 5.14. The Bertz CT molecular complexity index is 616. The minimum absolute atomic E-state index is 0.0218. The van der Waals surface area contributed by atoms with Gasteiger partial charge in [-0.05, 0) is 50.2 Å². The number of benzene rings is 1. The number of rotatable bonds is 4. The monoisotopic (exact) mass is 373 g/mol. The van der Waals surface area contributed by atoms with E-state index in [0.29, 0.717) is 38.3 Å². The molecule has 1 aromatic rings. The molecule has 0 atom stereocenters. The number of nitrogens with zero attached hydrogens (tertiary/aromatic N) is 3. The molecule has 2 heterocycles. The molecule has 0 aliphatic carbocycles. The Hall–Kier alpha value is -2.08. The van der Waals surface area contributed by atoms with Gasteiger partial charge in [-0.1, -0.05) is 19.3 Å². The molecular formula is C21H31N3O3. The fourth-order valence-corrected chi connectivity index (χ4v) is 3.84. The van der Waals surface area contributed by atoms with Crippen LogP contribution in [0, 0.1) is 0 Å². The van der Waals surface area contributed by atoms with Crippen LogP contribution in [-0.4, -0.2) is 79.4 Å². The van der Waals surface area contributed by atoms with Gasteiger partial charge in [-0.3, -0.25) is 14.5 Å². The van der Waals surface area contributed by atoms with Gasteiger partial charge in [0.15, 0.2) is 0 Å². The van der Waals surface area contributed by atoms with E-state index < -0.39 is 0 Å². The van der Waals surface area contributed by atoms with Crippen molar-refractivity contribution >= 4 is 11.8 Å². The van der Waals surface area contributed by atoms with Gasteiger partial charge in [0.1, 0.15) is 5.75 Å². The first-order valence-electron chi connectivity index (χ1n) is 10.1. The highest BCUT2D eigenvalue weighted by atomic mass is 16.5. The van der Waals surface area contributed by atoms with Crippen LogP contribution in [-0.2, 0) is 4.79 Å². The maximum absolute atomic E-state index is 12.6. The summed E-state index contributed by atoms with van der Waals surface area (Å²) in [5, 5.41) is 0. The van der Waals surface area contributed by atoms with Gasteiger partial charge in [-0.2, -0.15) is 0 Å². The maximum atomic E-state index is 12.6. The Morgan fingerprint density at radius 1 is 0.815 bits per heavy atom. The molecule has 0 spiro atoms. The Morgan fingerprint density at radius 2 is 1.37 bits per heavy atom. The maximum Gasteiger partial charge on any atom is 0.253 e. The predicted octanol–water partition coefficient (Wildman–Crippen LogP) is 2.25. The van der Waals surface area contributed by atoms with Gasteiger partial charge in [-0.25, -0.2) is 0 Å². The zero-order valence-corrected chi connectivity index (χ0v) is 16.4. The molecule has 0 N–H and O–H groups in total. The van der Waals surface area contributed by atoms with Crippen LogP contribution < -0.4 is 4.74 Å². The third-order valence-corrected chi connectivity index (χ3v) is 5.56. The van der Waals surface area contributed by atoms with E-state index in [2.05, 4.69) is 4.90 Å². The minimum atomic E-state index is 0.0218. The number of hydrogen-bond donors (Lipinski definition) is 0. The molecule has 0 radical (unpaired) electrons. The highest BCUT2D eigenvalue weighted by Crippen LogP contribution is 2.15. The van der Waals surface area contributed by atoms with E-state index >= 15 is 0 Å². The minimum Gasteiger partial charge on any atom is -0.497 e. The van der Waals surface area contributed by atoms with Gasteiger partial charge in [0.2, 0.25) is 5.91 Å². The molecule has 0 saturated carbocycles. The molecule has 6 heteroatoms. The first-order valence-corrected chi connectivity index (χ1v) is 10.1. The van der Waals surface area contributed by atoms with Crippen LogP contribution in [0.4, 0.5) is 0 Å². The fraction of sp³-hybridized carbons (Fsp3) is 0.619. The zero-order valence-electron chi connectivity index (χ0n) is 16.4. The summed E-state index contributed by atoms with van der Waals surface area (Å²) in [6.45, 7) is 5.01. The van der Waals surface area contributed by atoms with Gasteiger partial charge >= 0.3 is 0 Å². The molecule has 27 heavy (non-hydrogen) atoms. The topological polar surface area (TPSA) is 53.1 Å². The molecule has 3 rings (SSSR count). The second-order valence-corrected chi connectivity index (χ2v) is 7.45. The number of amides is 2. The summed E-state index contributed by atoms with van der Waals surface area (Å²) in [7, 11) is 1.61. The fourth-order valence-electron chi connectivity index (χ4n) is 3.84. The summed E-state index contributed by atoms with van der Waals surface area (Å²) >= 11 is 0. The van der Waals surface area contributed by atoms with E-state index in [4.69, 9.17) is 4.74 Å². The van der Waals surface area contributed by atoms with Crippen molar-refractivity contribution < 1.29 is 14.3 Å². The predicted molar refractivity (Wildman–Crippen MR) is 105 cm³/mol. The van der Waals surface area contributed by atoms with Crippen molar-refractivity contribution in [3.8, 4) is 5.75 Å². The normalized spacial score (nSPS) is 19.3. The van der Waals surface area contributed by atoms with Crippen LogP contribution in [0.15, 0.2) is 24.3 Å². The average Bonchev–Trinajstić information content (AvgIpc) is 2.69. The number of likely N-dealkylation sites (tertiary alicyclic amines) is 1.